The number of nitrogens with zero attached hydrogens (tertiary/aromatic N) is 2. The summed E-state index contributed by atoms with van der Waals surface area (Å²) >= 11 is 0. The fourth-order valence-corrected chi connectivity index (χ4v) is 2.64. The number of benzene rings is 2. The quantitative estimate of drug-likeness (QED) is 0.670. The van der Waals surface area contributed by atoms with E-state index in [0.717, 1.165) is 17.7 Å². The maximum absolute atomic E-state index is 12.7. The van der Waals surface area contributed by atoms with Gasteiger partial charge in [0.05, 0.1) is 25.5 Å². The largest absolute Gasteiger partial charge is 0.497 e. The molecule has 0 saturated heterocycles. The number of hydrogen-bond donors (Lipinski definition) is 0. The van der Waals surface area contributed by atoms with Crippen molar-refractivity contribution in [2.24, 2.45) is 7.05 Å². The molecule has 0 spiro atoms. The van der Waals surface area contributed by atoms with Gasteiger partial charge in [0, 0.05) is 30.4 Å². The van der Waals surface area contributed by atoms with E-state index in [-0.39, 0.29) is 0 Å². The Morgan fingerprint density at radius 2 is 1.46 bits per heavy atom. The molecule has 0 aliphatic rings. The predicted octanol–water partition coefficient (Wildman–Crippen LogP) is 4.79. The number of aromatic nitrogens is 2. The van der Waals surface area contributed by atoms with Crippen molar-refractivity contribution in [2.45, 2.75) is 6.18 Å². The number of rotatable bonds is 4. The van der Waals surface area contributed by atoms with Gasteiger partial charge in [-0.15, -0.1) is 0 Å². The molecule has 26 heavy (non-hydrogen) atoms. The third kappa shape index (κ3) is 3.51. The molecule has 0 aliphatic carbocycles. The normalized spacial score (nSPS) is 11.5. The maximum Gasteiger partial charge on any atom is 0.416 e. The lowest BCUT2D eigenvalue weighted by molar-refractivity contribution is -0.137. The summed E-state index contributed by atoms with van der Waals surface area (Å²) < 4.78 is 50.5. The average Bonchev–Trinajstić information content (AvgIpc) is 3.02. The number of hydrogen-bond acceptors (Lipinski definition) is 3. The van der Waals surface area contributed by atoms with E-state index < -0.39 is 11.7 Å². The Balaban J connectivity index is 2.00. The lowest BCUT2D eigenvalue weighted by atomic mass is 10.1. The summed E-state index contributed by atoms with van der Waals surface area (Å²) in [6, 6.07) is 10.3. The molecule has 0 aliphatic heterocycles. The van der Waals surface area contributed by atoms with Gasteiger partial charge in [0.1, 0.15) is 17.3 Å². The van der Waals surface area contributed by atoms with E-state index in [9.17, 15) is 13.2 Å². The van der Waals surface area contributed by atoms with Crippen molar-refractivity contribution in [3.05, 3.63) is 54.2 Å². The third-order valence-corrected chi connectivity index (χ3v) is 3.99. The summed E-state index contributed by atoms with van der Waals surface area (Å²) in [5.74, 6) is 1.82. The minimum Gasteiger partial charge on any atom is -0.497 e. The molecule has 0 N–H and O–H groups in total. The zero-order valence-electron chi connectivity index (χ0n) is 14.5. The summed E-state index contributed by atoms with van der Waals surface area (Å²) in [6.45, 7) is 0. The van der Waals surface area contributed by atoms with Crippen molar-refractivity contribution in [1.82, 2.24) is 9.55 Å². The molecule has 136 valence electrons. The highest BCUT2D eigenvalue weighted by Crippen LogP contribution is 2.33. The Bertz CT molecular complexity index is 893. The van der Waals surface area contributed by atoms with Crippen molar-refractivity contribution >= 4 is 0 Å². The predicted molar refractivity (Wildman–Crippen MR) is 92.2 cm³/mol. The zero-order chi connectivity index (χ0) is 18.9. The van der Waals surface area contributed by atoms with Gasteiger partial charge in [-0.2, -0.15) is 13.2 Å². The Kier molecular flexibility index (Phi) is 4.63. The van der Waals surface area contributed by atoms with Gasteiger partial charge in [0.15, 0.2) is 0 Å². The first-order chi connectivity index (χ1) is 12.3. The molecule has 0 saturated carbocycles. The van der Waals surface area contributed by atoms with Crippen LogP contribution in [0.4, 0.5) is 13.2 Å². The fraction of sp³-hybridized carbons (Fsp3) is 0.211. The van der Waals surface area contributed by atoms with Crippen molar-refractivity contribution in [3.63, 3.8) is 0 Å². The van der Waals surface area contributed by atoms with Crippen LogP contribution in [0.1, 0.15) is 5.56 Å². The van der Waals surface area contributed by atoms with Crippen LogP contribution < -0.4 is 9.47 Å². The minimum absolute atomic E-state index is 0.565. The first-order valence-electron chi connectivity index (χ1n) is 7.76. The standard InChI is InChI=1S/C19H17F3N2O2/c1-24-11-17(13-8-15(25-2)10-16(9-13)26-3)23-18(24)12-4-6-14(7-5-12)19(20,21)22/h4-11H,1-3H3. The Labute approximate surface area is 148 Å². The second kappa shape index (κ2) is 6.74. The second-order valence-electron chi connectivity index (χ2n) is 5.74. The zero-order valence-corrected chi connectivity index (χ0v) is 14.5. The smallest absolute Gasteiger partial charge is 0.416 e. The maximum atomic E-state index is 12.7. The van der Waals surface area contributed by atoms with E-state index in [0.29, 0.717) is 28.6 Å². The number of halogens is 3. The highest BCUT2D eigenvalue weighted by molar-refractivity contribution is 5.68. The average molecular weight is 362 g/mol. The first-order valence-corrected chi connectivity index (χ1v) is 7.76. The first kappa shape index (κ1) is 17.8. The fourth-order valence-electron chi connectivity index (χ4n) is 2.64. The molecule has 1 heterocycles. The number of ether oxygens (including phenoxy) is 2. The van der Waals surface area contributed by atoms with E-state index in [1.807, 2.05) is 12.1 Å². The third-order valence-electron chi connectivity index (χ3n) is 3.99. The highest BCUT2D eigenvalue weighted by atomic mass is 19.4. The molecule has 2 aromatic carbocycles. The molecule has 3 rings (SSSR count). The van der Waals surface area contributed by atoms with Gasteiger partial charge in [-0.05, 0) is 24.3 Å². The molecule has 3 aromatic rings. The van der Waals surface area contributed by atoms with Crippen LogP contribution in [0.3, 0.4) is 0 Å². The van der Waals surface area contributed by atoms with E-state index in [2.05, 4.69) is 4.98 Å². The van der Waals surface area contributed by atoms with Crippen molar-refractivity contribution < 1.29 is 22.6 Å². The van der Waals surface area contributed by atoms with Gasteiger partial charge in [0.25, 0.3) is 0 Å². The number of alkyl halides is 3. The lowest BCUT2D eigenvalue weighted by Crippen LogP contribution is -2.04. The van der Waals surface area contributed by atoms with Crippen molar-refractivity contribution in [3.8, 4) is 34.1 Å². The van der Waals surface area contributed by atoms with Gasteiger partial charge in [-0.25, -0.2) is 4.98 Å². The summed E-state index contributed by atoms with van der Waals surface area (Å²) in [5.41, 5.74) is 1.37. The van der Waals surface area contributed by atoms with Gasteiger partial charge in [-0.3, -0.25) is 0 Å². The van der Waals surface area contributed by atoms with Gasteiger partial charge >= 0.3 is 6.18 Å². The van der Waals surface area contributed by atoms with Crippen LogP contribution in [0, 0.1) is 0 Å². The van der Waals surface area contributed by atoms with E-state index >= 15 is 0 Å². The molecular weight excluding hydrogens is 345 g/mol. The van der Waals surface area contributed by atoms with E-state index in [1.165, 1.54) is 12.1 Å². The van der Waals surface area contributed by atoms with Crippen LogP contribution in [0.5, 0.6) is 11.5 Å². The molecule has 0 fully saturated rings. The van der Waals surface area contributed by atoms with Crippen LogP contribution in [0.2, 0.25) is 0 Å². The summed E-state index contributed by atoms with van der Waals surface area (Å²) in [4.78, 5) is 4.56. The molecule has 0 bridgehead atoms. The van der Waals surface area contributed by atoms with Crippen LogP contribution in [0.15, 0.2) is 48.7 Å². The van der Waals surface area contributed by atoms with Gasteiger partial charge in [-0.1, -0.05) is 12.1 Å². The minimum atomic E-state index is -4.36. The highest BCUT2D eigenvalue weighted by Gasteiger charge is 2.30. The summed E-state index contributed by atoms with van der Waals surface area (Å²) in [6.07, 6.45) is -2.55. The molecular formula is C19H17F3N2O2. The molecule has 0 atom stereocenters. The van der Waals surface area contributed by atoms with Crippen LogP contribution >= 0.6 is 0 Å². The summed E-state index contributed by atoms with van der Waals surface area (Å²) in [7, 11) is 4.91. The van der Waals surface area contributed by atoms with Crippen LogP contribution in [0.25, 0.3) is 22.6 Å². The van der Waals surface area contributed by atoms with Gasteiger partial charge < -0.3 is 14.0 Å². The molecule has 0 unspecified atom stereocenters. The second-order valence-corrected chi connectivity index (χ2v) is 5.74. The molecule has 4 nitrogen and oxygen atoms in total. The van der Waals surface area contributed by atoms with E-state index in [4.69, 9.17) is 9.47 Å². The van der Waals surface area contributed by atoms with Crippen molar-refractivity contribution in [2.75, 3.05) is 14.2 Å². The number of aryl methyl sites for hydroxylation is 1. The molecule has 7 heteroatoms. The van der Waals surface area contributed by atoms with Gasteiger partial charge in [0.2, 0.25) is 0 Å². The van der Waals surface area contributed by atoms with E-state index in [1.54, 1.807) is 38.1 Å². The molecule has 1 aromatic heterocycles. The Morgan fingerprint density at radius 1 is 0.885 bits per heavy atom. The molecule has 0 amide bonds. The van der Waals surface area contributed by atoms with Crippen LogP contribution in [-0.2, 0) is 13.2 Å². The number of imidazole rings is 1. The monoisotopic (exact) mass is 362 g/mol. The van der Waals surface area contributed by atoms with Crippen LogP contribution in [-0.4, -0.2) is 23.8 Å². The number of methoxy groups -OCH3 is 2. The Morgan fingerprint density at radius 3 is 1.96 bits per heavy atom. The van der Waals surface area contributed by atoms with Crippen molar-refractivity contribution in [1.29, 1.82) is 0 Å². The summed E-state index contributed by atoms with van der Waals surface area (Å²) in [5, 5.41) is 0. The molecule has 0 radical (unpaired) electrons. The Hall–Kier alpha value is -2.96. The lowest BCUT2D eigenvalue weighted by Gasteiger charge is -2.07. The SMILES string of the molecule is COc1cc(OC)cc(-c2cn(C)c(-c3ccc(C(F)(F)F)cc3)n2)c1. The topological polar surface area (TPSA) is 36.3 Å².